The summed E-state index contributed by atoms with van der Waals surface area (Å²) in [5.74, 6) is 0.122. The lowest BCUT2D eigenvalue weighted by Crippen LogP contribution is -2.07. The maximum Gasteiger partial charge on any atom is 0.512 e. The maximum absolute atomic E-state index is 10.7. The molecule has 2 heterocycles. The van der Waals surface area contributed by atoms with Crippen LogP contribution in [-0.4, -0.2) is 21.2 Å². The van der Waals surface area contributed by atoms with E-state index >= 15 is 0 Å². The number of hydrogen-bond acceptors (Lipinski definition) is 4. The number of hydrogen-bond donors (Lipinski definition) is 1. The Hall–Kier alpha value is -3.21. The molecule has 0 saturated heterocycles. The van der Waals surface area contributed by atoms with Crippen LogP contribution in [0.15, 0.2) is 67.1 Å². The van der Waals surface area contributed by atoms with Crippen LogP contribution in [0.5, 0.6) is 5.88 Å². The molecule has 0 bridgehead atoms. The summed E-state index contributed by atoms with van der Waals surface area (Å²) in [7, 11) is 0. The van der Waals surface area contributed by atoms with E-state index in [1.807, 2.05) is 42.6 Å². The Kier molecular flexibility index (Phi) is 4.29. The van der Waals surface area contributed by atoms with Crippen LogP contribution in [0.4, 0.5) is 4.79 Å². The quantitative estimate of drug-likeness (QED) is 0.742. The van der Waals surface area contributed by atoms with E-state index in [1.165, 1.54) is 6.20 Å². The van der Waals surface area contributed by atoms with E-state index in [-0.39, 0.29) is 5.88 Å². The Labute approximate surface area is 133 Å². The van der Waals surface area contributed by atoms with E-state index in [0.29, 0.717) is 6.42 Å². The zero-order chi connectivity index (χ0) is 16.1. The van der Waals surface area contributed by atoms with Gasteiger partial charge in [0.25, 0.3) is 0 Å². The number of carboxylic acid groups (broad SMARTS) is 1. The molecule has 0 amide bonds. The van der Waals surface area contributed by atoms with Crippen LogP contribution < -0.4 is 4.74 Å². The van der Waals surface area contributed by atoms with Gasteiger partial charge < -0.3 is 9.84 Å². The van der Waals surface area contributed by atoms with Gasteiger partial charge in [0.2, 0.25) is 5.88 Å². The lowest BCUT2D eigenvalue weighted by molar-refractivity contribution is 0.142. The first kappa shape index (κ1) is 14.7. The first-order valence-corrected chi connectivity index (χ1v) is 7.06. The second-order valence-electron chi connectivity index (χ2n) is 4.95. The number of carbonyl (C=O) groups is 1. The van der Waals surface area contributed by atoms with Crippen molar-refractivity contribution >= 4 is 6.16 Å². The van der Waals surface area contributed by atoms with Gasteiger partial charge in [0.05, 0.1) is 0 Å². The highest BCUT2D eigenvalue weighted by molar-refractivity contribution is 5.63. The van der Waals surface area contributed by atoms with Crippen LogP contribution in [-0.2, 0) is 6.42 Å². The largest absolute Gasteiger partial charge is 0.512 e. The summed E-state index contributed by atoms with van der Waals surface area (Å²) in [4.78, 5) is 18.8. The van der Waals surface area contributed by atoms with Crippen molar-refractivity contribution in [1.82, 2.24) is 9.97 Å². The van der Waals surface area contributed by atoms with E-state index in [0.717, 1.165) is 22.3 Å². The zero-order valence-electron chi connectivity index (χ0n) is 12.2. The minimum atomic E-state index is -1.36. The van der Waals surface area contributed by atoms with Crippen molar-refractivity contribution in [3.8, 4) is 17.0 Å². The molecule has 0 aliphatic carbocycles. The van der Waals surface area contributed by atoms with E-state index in [9.17, 15) is 4.79 Å². The van der Waals surface area contributed by atoms with Crippen LogP contribution >= 0.6 is 0 Å². The number of aromatic nitrogens is 2. The van der Waals surface area contributed by atoms with E-state index in [2.05, 4.69) is 9.97 Å². The minimum Gasteiger partial charge on any atom is -0.449 e. The summed E-state index contributed by atoms with van der Waals surface area (Å²) >= 11 is 0. The standard InChI is InChI=1S/C18H14N2O3/c21-18(22)23-17-15(3-2-10-20-17)11-13-5-7-14(8-6-13)16-4-1-9-19-12-16/h1-10,12H,11H2,(H,21,22). The molecule has 1 aromatic carbocycles. The minimum absolute atomic E-state index is 0.122. The fraction of sp³-hybridized carbons (Fsp3) is 0.0556. The normalized spacial score (nSPS) is 10.3. The molecule has 0 aliphatic heterocycles. The van der Waals surface area contributed by atoms with Crippen molar-refractivity contribution in [1.29, 1.82) is 0 Å². The second kappa shape index (κ2) is 6.70. The molecule has 1 N–H and O–H groups in total. The molecule has 5 heteroatoms. The second-order valence-corrected chi connectivity index (χ2v) is 4.95. The van der Waals surface area contributed by atoms with Crippen molar-refractivity contribution in [3.05, 3.63) is 78.2 Å². The topological polar surface area (TPSA) is 72.3 Å². The average Bonchev–Trinajstić information content (AvgIpc) is 2.58. The summed E-state index contributed by atoms with van der Waals surface area (Å²) < 4.78 is 4.71. The van der Waals surface area contributed by atoms with Crippen molar-refractivity contribution in [2.24, 2.45) is 0 Å². The van der Waals surface area contributed by atoms with E-state index < -0.39 is 6.16 Å². The highest BCUT2D eigenvalue weighted by Crippen LogP contribution is 2.22. The fourth-order valence-corrected chi connectivity index (χ4v) is 2.30. The van der Waals surface area contributed by atoms with Gasteiger partial charge in [-0.3, -0.25) is 4.98 Å². The van der Waals surface area contributed by atoms with Gasteiger partial charge in [-0.05, 0) is 28.8 Å². The van der Waals surface area contributed by atoms with Gasteiger partial charge in [-0.2, -0.15) is 0 Å². The summed E-state index contributed by atoms with van der Waals surface area (Å²) in [5, 5.41) is 8.75. The zero-order valence-corrected chi connectivity index (χ0v) is 12.2. The number of ether oxygens (including phenoxy) is 1. The molecule has 0 radical (unpaired) electrons. The Morgan fingerprint density at radius 2 is 1.78 bits per heavy atom. The van der Waals surface area contributed by atoms with Crippen molar-refractivity contribution in [2.75, 3.05) is 0 Å². The number of rotatable bonds is 4. The lowest BCUT2D eigenvalue weighted by Gasteiger charge is -2.08. The van der Waals surface area contributed by atoms with Crippen LogP contribution in [0.25, 0.3) is 11.1 Å². The Morgan fingerprint density at radius 3 is 2.48 bits per heavy atom. The van der Waals surface area contributed by atoms with Crippen LogP contribution in [0.2, 0.25) is 0 Å². The van der Waals surface area contributed by atoms with Gasteiger partial charge >= 0.3 is 6.16 Å². The predicted octanol–water partition coefficient (Wildman–Crippen LogP) is 3.79. The molecule has 5 nitrogen and oxygen atoms in total. The summed E-state index contributed by atoms with van der Waals surface area (Å²) in [6, 6.07) is 15.5. The third kappa shape index (κ3) is 3.71. The molecule has 0 saturated carbocycles. The Bertz CT molecular complexity index is 802. The molecule has 0 unspecified atom stereocenters. The molecule has 3 rings (SSSR count). The van der Waals surface area contributed by atoms with Crippen molar-refractivity contribution < 1.29 is 14.6 Å². The predicted molar refractivity (Wildman–Crippen MR) is 85.4 cm³/mol. The third-order valence-corrected chi connectivity index (χ3v) is 3.38. The van der Waals surface area contributed by atoms with Gasteiger partial charge in [0, 0.05) is 30.6 Å². The van der Waals surface area contributed by atoms with Gasteiger partial charge in [0.15, 0.2) is 0 Å². The highest BCUT2D eigenvalue weighted by Gasteiger charge is 2.09. The highest BCUT2D eigenvalue weighted by atomic mass is 16.7. The number of nitrogens with zero attached hydrogens (tertiary/aromatic N) is 2. The fourth-order valence-electron chi connectivity index (χ4n) is 2.30. The van der Waals surface area contributed by atoms with Crippen molar-refractivity contribution in [2.45, 2.75) is 6.42 Å². The van der Waals surface area contributed by atoms with E-state index in [1.54, 1.807) is 18.3 Å². The SMILES string of the molecule is O=C(O)Oc1ncccc1Cc1ccc(-c2cccnc2)cc1. The molecule has 0 aliphatic rings. The molecule has 0 spiro atoms. The first-order chi connectivity index (χ1) is 11.2. The number of pyridine rings is 2. The number of benzene rings is 1. The molecular formula is C18H14N2O3. The maximum atomic E-state index is 10.7. The summed E-state index contributed by atoms with van der Waals surface area (Å²) in [5.41, 5.74) is 3.90. The van der Waals surface area contributed by atoms with Gasteiger partial charge in [-0.1, -0.05) is 36.4 Å². The van der Waals surface area contributed by atoms with Gasteiger partial charge in [-0.15, -0.1) is 0 Å². The van der Waals surface area contributed by atoms with Crippen molar-refractivity contribution in [3.63, 3.8) is 0 Å². The summed E-state index contributed by atoms with van der Waals surface area (Å²) in [6.45, 7) is 0. The third-order valence-electron chi connectivity index (χ3n) is 3.38. The molecule has 23 heavy (non-hydrogen) atoms. The lowest BCUT2D eigenvalue weighted by atomic mass is 10.0. The van der Waals surface area contributed by atoms with Crippen LogP contribution in [0, 0.1) is 0 Å². The summed E-state index contributed by atoms with van der Waals surface area (Å²) in [6.07, 6.45) is 4.24. The first-order valence-electron chi connectivity index (χ1n) is 7.06. The molecule has 0 atom stereocenters. The molecular weight excluding hydrogens is 292 g/mol. The Balaban J connectivity index is 1.80. The monoisotopic (exact) mass is 306 g/mol. The van der Waals surface area contributed by atoms with Crippen LogP contribution in [0.3, 0.4) is 0 Å². The molecule has 114 valence electrons. The molecule has 2 aromatic heterocycles. The molecule has 3 aromatic rings. The Morgan fingerprint density at radius 1 is 1.00 bits per heavy atom. The average molecular weight is 306 g/mol. The van der Waals surface area contributed by atoms with Crippen LogP contribution in [0.1, 0.15) is 11.1 Å². The molecule has 0 fully saturated rings. The van der Waals surface area contributed by atoms with Gasteiger partial charge in [-0.25, -0.2) is 9.78 Å². The van der Waals surface area contributed by atoms with Gasteiger partial charge in [0.1, 0.15) is 0 Å². The smallest absolute Gasteiger partial charge is 0.449 e. The van der Waals surface area contributed by atoms with E-state index in [4.69, 9.17) is 9.84 Å².